The van der Waals surface area contributed by atoms with Crippen molar-refractivity contribution in [3.05, 3.63) is 48.5 Å². The molecule has 1 fully saturated rings. The minimum Gasteiger partial charge on any atom is -0.497 e. The molecular formula is C23H26N2O7S. The minimum absolute atomic E-state index is 0.00422. The average molecular weight is 475 g/mol. The second kappa shape index (κ2) is 9.40. The number of carbonyl (C=O) groups is 2. The summed E-state index contributed by atoms with van der Waals surface area (Å²) in [6.45, 7) is 0.405. The third kappa shape index (κ3) is 4.53. The highest BCUT2D eigenvalue weighted by molar-refractivity contribution is 7.89. The summed E-state index contributed by atoms with van der Waals surface area (Å²) in [6, 6.07) is 13.2. The Hall–Kier alpha value is -3.11. The largest absolute Gasteiger partial charge is 0.497 e. The molecule has 2 atom stereocenters. The fraction of sp³-hybridized carbons (Fsp3) is 0.391. The summed E-state index contributed by atoms with van der Waals surface area (Å²) in [6.07, 6.45) is 0.158. The number of sulfonamides is 1. The van der Waals surface area contributed by atoms with Crippen LogP contribution in [-0.2, 0) is 24.3 Å². The highest BCUT2D eigenvalue weighted by Gasteiger charge is 2.40. The van der Waals surface area contributed by atoms with E-state index in [1.165, 1.54) is 35.6 Å². The molecule has 0 N–H and O–H groups in total. The summed E-state index contributed by atoms with van der Waals surface area (Å²) in [5.74, 6) is -0.391. The summed E-state index contributed by atoms with van der Waals surface area (Å²) in [5.41, 5.74) is 0.554. The molecule has 1 saturated heterocycles. The number of amides is 1. The van der Waals surface area contributed by atoms with E-state index >= 15 is 0 Å². The molecule has 1 amide bonds. The van der Waals surface area contributed by atoms with Gasteiger partial charge in [0.25, 0.3) is 0 Å². The molecule has 33 heavy (non-hydrogen) atoms. The third-order valence-corrected chi connectivity index (χ3v) is 7.81. The molecule has 2 aliphatic rings. The quantitative estimate of drug-likeness (QED) is 0.611. The molecule has 0 radical (unpaired) electrons. The van der Waals surface area contributed by atoms with E-state index in [2.05, 4.69) is 0 Å². The zero-order valence-corrected chi connectivity index (χ0v) is 19.3. The number of ether oxygens (including phenoxy) is 3. The standard InChI is InChI=1S/C23H26N2O7S/c1-30-17-9-11-18(12-10-17)33(28,29)24-13-5-6-16(14-24)22(26)25-15-21(23(27)31-2)32-20-8-4-3-7-19(20)25/h3-4,7-12,16,21H,5-6,13-15H2,1-2H3/t16-,21-/m1/s1. The first-order valence-corrected chi connectivity index (χ1v) is 12.1. The van der Waals surface area contributed by atoms with Gasteiger partial charge in [-0.1, -0.05) is 12.1 Å². The van der Waals surface area contributed by atoms with Gasteiger partial charge in [0, 0.05) is 13.1 Å². The van der Waals surface area contributed by atoms with Crippen molar-refractivity contribution in [1.29, 1.82) is 0 Å². The number of carbonyl (C=O) groups excluding carboxylic acids is 2. The highest BCUT2D eigenvalue weighted by Crippen LogP contribution is 2.35. The van der Waals surface area contributed by atoms with Crippen LogP contribution in [0.15, 0.2) is 53.4 Å². The van der Waals surface area contributed by atoms with Crippen LogP contribution in [-0.4, -0.2) is 64.6 Å². The van der Waals surface area contributed by atoms with Crippen molar-refractivity contribution >= 4 is 27.6 Å². The number of esters is 1. The van der Waals surface area contributed by atoms with Crippen LogP contribution < -0.4 is 14.4 Å². The van der Waals surface area contributed by atoms with Gasteiger partial charge in [-0.05, 0) is 49.2 Å². The summed E-state index contributed by atoms with van der Waals surface area (Å²) >= 11 is 0. The zero-order chi connectivity index (χ0) is 23.6. The maximum absolute atomic E-state index is 13.5. The zero-order valence-electron chi connectivity index (χ0n) is 18.5. The fourth-order valence-electron chi connectivity index (χ4n) is 4.18. The maximum Gasteiger partial charge on any atom is 0.348 e. The van der Waals surface area contributed by atoms with E-state index in [9.17, 15) is 18.0 Å². The van der Waals surface area contributed by atoms with Gasteiger partial charge in [-0.25, -0.2) is 13.2 Å². The second-order valence-corrected chi connectivity index (χ2v) is 9.86. The molecule has 0 unspecified atom stereocenters. The number of benzene rings is 2. The lowest BCUT2D eigenvalue weighted by molar-refractivity contribution is -0.148. The highest BCUT2D eigenvalue weighted by atomic mass is 32.2. The summed E-state index contributed by atoms with van der Waals surface area (Å²) in [5, 5.41) is 0. The Kier molecular flexibility index (Phi) is 6.57. The SMILES string of the molecule is COC(=O)[C@H]1CN(C(=O)[C@@H]2CCCN(S(=O)(=O)c3ccc(OC)cc3)C2)c2ccccc2O1. The molecule has 0 saturated carbocycles. The van der Waals surface area contributed by atoms with Crippen LogP contribution in [0.25, 0.3) is 0 Å². The topological polar surface area (TPSA) is 102 Å². The van der Waals surface area contributed by atoms with E-state index in [0.29, 0.717) is 36.6 Å². The number of nitrogens with zero attached hydrogens (tertiary/aromatic N) is 2. The second-order valence-electron chi connectivity index (χ2n) is 7.92. The number of anilines is 1. The first-order valence-electron chi connectivity index (χ1n) is 10.6. The molecule has 0 bridgehead atoms. The number of hydrogen-bond donors (Lipinski definition) is 0. The van der Waals surface area contributed by atoms with Crippen molar-refractivity contribution in [3.63, 3.8) is 0 Å². The molecule has 0 spiro atoms. The van der Waals surface area contributed by atoms with Crippen molar-refractivity contribution < 1.29 is 32.2 Å². The van der Waals surface area contributed by atoms with Crippen LogP contribution in [0.3, 0.4) is 0 Å². The van der Waals surface area contributed by atoms with Crippen LogP contribution in [0.4, 0.5) is 5.69 Å². The number of methoxy groups -OCH3 is 2. The van der Waals surface area contributed by atoms with Crippen molar-refractivity contribution in [1.82, 2.24) is 4.31 Å². The summed E-state index contributed by atoms with van der Waals surface area (Å²) in [4.78, 5) is 27.3. The van der Waals surface area contributed by atoms with Crippen molar-refractivity contribution in [3.8, 4) is 11.5 Å². The lowest BCUT2D eigenvalue weighted by Crippen LogP contribution is -2.52. The van der Waals surface area contributed by atoms with E-state index in [1.54, 1.807) is 36.4 Å². The third-order valence-electron chi connectivity index (χ3n) is 5.93. The predicted octanol–water partition coefficient (Wildman–Crippen LogP) is 2.06. The van der Waals surface area contributed by atoms with Gasteiger partial charge in [-0.15, -0.1) is 0 Å². The van der Waals surface area contributed by atoms with Gasteiger partial charge in [0.05, 0.1) is 37.3 Å². The number of fused-ring (bicyclic) bond motifs is 1. The predicted molar refractivity (Wildman–Crippen MR) is 120 cm³/mol. The van der Waals surface area contributed by atoms with Gasteiger partial charge in [0.15, 0.2) is 0 Å². The van der Waals surface area contributed by atoms with E-state index in [0.717, 1.165) is 0 Å². The molecule has 2 aliphatic heterocycles. The summed E-state index contributed by atoms with van der Waals surface area (Å²) in [7, 11) is -0.987. The Morgan fingerprint density at radius 2 is 1.76 bits per heavy atom. The van der Waals surface area contributed by atoms with E-state index < -0.39 is 28.0 Å². The Labute approximate surface area is 192 Å². The first-order chi connectivity index (χ1) is 15.8. The Bertz CT molecular complexity index is 1130. The lowest BCUT2D eigenvalue weighted by atomic mass is 9.97. The number of para-hydroxylation sites is 2. The molecule has 10 heteroatoms. The molecular weight excluding hydrogens is 448 g/mol. The normalized spacial score (nSPS) is 21.0. The Morgan fingerprint density at radius 3 is 2.45 bits per heavy atom. The van der Waals surface area contributed by atoms with E-state index in [-0.39, 0.29) is 23.9 Å². The Balaban J connectivity index is 1.56. The molecule has 2 aromatic carbocycles. The summed E-state index contributed by atoms with van der Waals surface area (Å²) < 4.78 is 43.4. The van der Waals surface area contributed by atoms with Crippen molar-refractivity contribution in [2.75, 3.05) is 38.8 Å². The van der Waals surface area contributed by atoms with Crippen LogP contribution in [0.5, 0.6) is 11.5 Å². The molecule has 0 aliphatic carbocycles. The number of piperidine rings is 1. The van der Waals surface area contributed by atoms with Gasteiger partial charge in [0.2, 0.25) is 22.0 Å². The molecule has 9 nitrogen and oxygen atoms in total. The van der Waals surface area contributed by atoms with Crippen LogP contribution in [0, 0.1) is 5.92 Å². The first kappa shape index (κ1) is 23.1. The van der Waals surface area contributed by atoms with Gasteiger partial charge in [-0.2, -0.15) is 4.31 Å². The molecule has 4 rings (SSSR count). The molecule has 2 aromatic rings. The van der Waals surface area contributed by atoms with Crippen molar-refractivity contribution in [2.45, 2.75) is 23.8 Å². The average Bonchev–Trinajstić information content (AvgIpc) is 2.87. The van der Waals surface area contributed by atoms with Gasteiger partial charge in [0.1, 0.15) is 11.5 Å². The van der Waals surface area contributed by atoms with Gasteiger partial charge in [-0.3, -0.25) is 4.79 Å². The maximum atomic E-state index is 13.5. The van der Waals surface area contributed by atoms with Gasteiger partial charge >= 0.3 is 5.97 Å². The van der Waals surface area contributed by atoms with Crippen LogP contribution >= 0.6 is 0 Å². The Morgan fingerprint density at radius 1 is 1.03 bits per heavy atom. The lowest BCUT2D eigenvalue weighted by Gasteiger charge is -2.38. The smallest absolute Gasteiger partial charge is 0.348 e. The van der Waals surface area contributed by atoms with Crippen LogP contribution in [0.2, 0.25) is 0 Å². The van der Waals surface area contributed by atoms with E-state index in [1.807, 2.05) is 0 Å². The monoisotopic (exact) mass is 474 g/mol. The van der Waals surface area contributed by atoms with Crippen molar-refractivity contribution in [2.24, 2.45) is 5.92 Å². The van der Waals surface area contributed by atoms with E-state index in [4.69, 9.17) is 14.2 Å². The molecule has 0 aromatic heterocycles. The number of rotatable bonds is 5. The van der Waals surface area contributed by atoms with Gasteiger partial charge < -0.3 is 19.1 Å². The molecule has 2 heterocycles. The minimum atomic E-state index is -3.76. The fourth-order valence-corrected chi connectivity index (χ4v) is 5.70. The van der Waals surface area contributed by atoms with Crippen LogP contribution in [0.1, 0.15) is 12.8 Å². The number of hydrogen-bond acceptors (Lipinski definition) is 7. The molecule has 176 valence electrons.